The number of nitrogens with one attached hydrogen (secondary N) is 1. The first-order chi connectivity index (χ1) is 14.6. The number of fused-ring (bicyclic) bond motifs is 1. The number of likely N-dealkylation sites (tertiary alicyclic amines) is 1. The zero-order valence-electron chi connectivity index (χ0n) is 17.1. The molecule has 1 aliphatic carbocycles. The number of rotatable bonds is 4. The van der Waals surface area contributed by atoms with Crippen LogP contribution in [0.15, 0.2) is 29.1 Å². The summed E-state index contributed by atoms with van der Waals surface area (Å²) >= 11 is 0. The third-order valence-electron chi connectivity index (χ3n) is 6.83. The van der Waals surface area contributed by atoms with Crippen molar-refractivity contribution < 1.29 is 9.18 Å². The molecular weight excluding hydrogens is 383 g/mol. The van der Waals surface area contributed by atoms with Crippen LogP contribution in [-0.2, 0) is 24.3 Å². The van der Waals surface area contributed by atoms with E-state index in [1.807, 2.05) is 11.0 Å². The Labute approximate surface area is 175 Å². The van der Waals surface area contributed by atoms with E-state index in [1.165, 1.54) is 6.07 Å². The standard InChI is InChI=1S/C23H27FN4O2/c24-18-8-2-1-5-16(18)13-27-12-10-17-19(14-27)25-21(26-22(17)29)20-9-4-11-28(20)23(30)15-6-3-7-15/h1-2,5,8,15,20H,3-4,6-7,9-14H2,(H,25,26,29)/t20-/m1/s1. The summed E-state index contributed by atoms with van der Waals surface area (Å²) in [5.41, 5.74) is 2.04. The van der Waals surface area contributed by atoms with Crippen LogP contribution in [0.3, 0.4) is 0 Å². The molecule has 1 aromatic carbocycles. The third kappa shape index (κ3) is 3.55. The van der Waals surface area contributed by atoms with Crippen molar-refractivity contribution in [3.05, 3.63) is 63.1 Å². The summed E-state index contributed by atoms with van der Waals surface area (Å²) in [7, 11) is 0. The highest BCUT2D eigenvalue weighted by Crippen LogP contribution is 2.36. The van der Waals surface area contributed by atoms with E-state index in [2.05, 4.69) is 9.88 Å². The molecule has 1 amide bonds. The molecule has 0 unspecified atom stereocenters. The topological polar surface area (TPSA) is 69.3 Å². The van der Waals surface area contributed by atoms with Crippen molar-refractivity contribution in [1.29, 1.82) is 0 Å². The molecule has 0 spiro atoms. The minimum Gasteiger partial charge on any atom is -0.332 e. The Bertz CT molecular complexity index is 1020. The van der Waals surface area contributed by atoms with Crippen molar-refractivity contribution in [2.75, 3.05) is 13.1 Å². The molecule has 6 nitrogen and oxygen atoms in total. The van der Waals surface area contributed by atoms with E-state index in [0.29, 0.717) is 37.4 Å². The van der Waals surface area contributed by atoms with Gasteiger partial charge in [-0.3, -0.25) is 14.5 Å². The van der Waals surface area contributed by atoms with Crippen LogP contribution in [-0.4, -0.2) is 38.8 Å². The Kier molecular flexibility index (Phi) is 5.15. The van der Waals surface area contributed by atoms with Gasteiger partial charge in [-0.15, -0.1) is 0 Å². The molecule has 1 saturated carbocycles. The molecule has 5 rings (SSSR count). The quantitative estimate of drug-likeness (QED) is 0.842. The molecule has 2 aliphatic heterocycles. The van der Waals surface area contributed by atoms with E-state index in [4.69, 9.17) is 4.98 Å². The summed E-state index contributed by atoms with van der Waals surface area (Å²) in [6, 6.07) is 6.66. The highest BCUT2D eigenvalue weighted by atomic mass is 19.1. The molecule has 0 bridgehead atoms. The van der Waals surface area contributed by atoms with E-state index in [9.17, 15) is 14.0 Å². The minimum atomic E-state index is -0.209. The normalized spacial score (nSPS) is 22.0. The summed E-state index contributed by atoms with van der Waals surface area (Å²) < 4.78 is 14.1. The minimum absolute atomic E-state index is 0.0940. The lowest BCUT2D eigenvalue weighted by Gasteiger charge is -2.33. The monoisotopic (exact) mass is 410 g/mol. The number of carbonyl (C=O) groups excluding carboxylic acids is 1. The predicted octanol–water partition coefficient (Wildman–Crippen LogP) is 2.93. The maximum absolute atomic E-state index is 14.1. The molecule has 1 N–H and O–H groups in total. The fraction of sp³-hybridized carbons (Fsp3) is 0.522. The Morgan fingerprint density at radius 1 is 1.17 bits per heavy atom. The maximum atomic E-state index is 14.1. The largest absolute Gasteiger partial charge is 0.332 e. The number of hydrogen-bond donors (Lipinski definition) is 1. The average Bonchev–Trinajstić information content (AvgIpc) is 3.18. The van der Waals surface area contributed by atoms with Gasteiger partial charge in [-0.05, 0) is 38.2 Å². The molecule has 2 fully saturated rings. The van der Waals surface area contributed by atoms with Gasteiger partial charge in [0.2, 0.25) is 5.91 Å². The first kappa shape index (κ1) is 19.4. The molecular formula is C23H27FN4O2. The summed E-state index contributed by atoms with van der Waals surface area (Å²) in [4.78, 5) is 37.4. The van der Waals surface area contributed by atoms with E-state index >= 15 is 0 Å². The zero-order valence-corrected chi connectivity index (χ0v) is 17.1. The van der Waals surface area contributed by atoms with Crippen molar-refractivity contribution in [2.24, 2.45) is 5.92 Å². The smallest absolute Gasteiger partial charge is 0.254 e. The highest BCUT2D eigenvalue weighted by Gasteiger charge is 2.37. The van der Waals surface area contributed by atoms with Crippen LogP contribution in [0.1, 0.15) is 60.8 Å². The van der Waals surface area contributed by atoms with Crippen LogP contribution in [0.25, 0.3) is 0 Å². The average molecular weight is 410 g/mol. The van der Waals surface area contributed by atoms with Crippen LogP contribution in [0, 0.1) is 11.7 Å². The van der Waals surface area contributed by atoms with Gasteiger partial charge in [0.25, 0.3) is 5.56 Å². The molecule has 158 valence electrons. The number of hydrogen-bond acceptors (Lipinski definition) is 4. The number of aromatic amines is 1. The van der Waals surface area contributed by atoms with Crippen LogP contribution in [0.4, 0.5) is 4.39 Å². The van der Waals surface area contributed by atoms with Crippen molar-refractivity contribution in [1.82, 2.24) is 19.8 Å². The van der Waals surface area contributed by atoms with Crippen molar-refractivity contribution in [3.8, 4) is 0 Å². The first-order valence-electron chi connectivity index (χ1n) is 11.0. The summed E-state index contributed by atoms with van der Waals surface area (Å²) in [6.45, 7) is 2.44. The number of halogens is 1. The maximum Gasteiger partial charge on any atom is 0.254 e. The summed E-state index contributed by atoms with van der Waals surface area (Å²) in [5.74, 6) is 0.757. The molecule has 1 aromatic heterocycles. The lowest BCUT2D eigenvalue weighted by Crippen LogP contribution is -2.40. The van der Waals surface area contributed by atoms with E-state index in [0.717, 1.165) is 49.9 Å². The molecule has 3 aliphatic rings. The molecule has 1 saturated heterocycles. The van der Waals surface area contributed by atoms with Gasteiger partial charge < -0.3 is 9.88 Å². The predicted molar refractivity (Wildman–Crippen MR) is 110 cm³/mol. The first-order valence-corrected chi connectivity index (χ1v) is 11.0. The number of carbonyl (C=O) groups is 1. The van der Waals surface area contributed by atoms with Crippen molar-refractivity contribution in [2.45, 2.75) is 57.7 Å². The Morgan fingerprint density at radius 2 is 2.00 bits per heavy atom. The second-order valence-corrected chi connectivity index (χ2v) is 8.75. The molecule has 3 heterocycles. The highest BCUT2D eigenvalue weighted by molar-refractivity contribution is 5.80. The van der Waals surface area contributed by atoms with E-state index in [1.54, 1.807) is 12.1 Å². The van der Waals surface area contributed by atoms with Crippen LogP contribution in [0.5, 0.6) is 0 Å². The van der Waals surface area contributed by atoms with Crippen LogP contribution in [0.2, 0.25) is 0 Å². The second-order valence-electron chi connectivity index (χ2n) is 8.75. The number of benzene rings is 1. The Balaban J connectivity index is 1.38. The van der Waals surface area contributed by atoms with Gasteiger partial charge in [-0.25, -0.2) is 9.37 Å². The van der Waals surface area contributed by atoms with Gasteiger partial charge in [0.1, 0.15) is 11.6 Å². The van der Waals surface area contributed by atoms with Crippen LogP contribution < -0.4 is 5.56 Å². The fourth-order valence-electron chi connectivity index (χ4n) is 4.88. The molecule has 30 heavy (non-hydrogen) atoms. The zero-order chi connectivity index (χ0) is 20.7. The number of H-pyrrole nitrogens is 1. The fourth-order valence-corrected chi connectivity index (χ4v) is 4.88. The van der Waals surface area contributed by atoms with E-state index < -0.39 is 0 Å². The van der Waals surface area contributed by atoms with Gasteiger partial charge in [0.05, 0.1) is 11.7 Å². The number of amides is 1. The van der Waals surface area contributed by atoms with Crippen molar-refractivity contribution >= 4 is 5.91 Å². The van der Waals surface area contributed by atoms with E-state index in [-0.39, 0.29) is 29.2 Å². The second kappa shape index (κ2) is 7.95. The number of nitrogens with zero attached hydrogens (tertiary/aromatic N) is 3. The SMILES string of the molecule is O=C(C1CCC1)N1CCC[C@@H]1c1nc2c(c(=O)[nH]1)CCN(Cc1ccccc1F)C2. The third-order valence-corrected chi connectivity index (χ3v) is 6.83. The molecule has 2 aromatic rings. The molecule has 0 radical (unpaired) electrons. The Hall–Kier alpha value is -2.54. The van der Waals surface area contributed by atoms with Gasteiger partial charge in [-0.2, -0.15) is 0 Å². The van der Waals surface area contributed by atoms with Gasteiger partial charge in [-0.1, -0.05) is 24.6 Å². The van der Waals surface area contributed by atoms with Crippen molar-refractivity contribution in [3.63, 3.8) is 0 Å². The van der Waals surface area contributed by atoms with Crippen LogP contribution >= 0.6 is 0 Å². The molecule has 7 heteroatoms. The molecule has 1 atom stereocenters. The Morgan fingerprint density at radius 3 is 2.77 bits per heavy atom. The number of aromatic nitrogens is 2. The summed E-state index contributed by atoms with van der Waals surface area (Å²) in [5, 5.41) is 0. The summed E-state index contributed by atoms with van der Waals surface area (Å²) in [6.07, 6.45) is 5.44. The van der Waals surface area contributed by atoms with Gasteiger partial charge >= 0.3 is 0 Å². The van der Waals surface area contributed by atoms with Gasteiger partial charge in [0.15, 0.2) is 0 Å². The lowest BCUT2D eigenvalue weighted by molar-refractivity contribution is -0.139. The van der Waals surface area contributed by atoms with Gasteiger partial charge in [0, 0.05) is 43.2 Å². The lowest BCUT2D eigenvalue weighted by atomic mass is 9.84.